The van der Waals surface area contributed by atoms with Crippen LogP contribution in [0.2, 0.25) is 5.02 Å². The maximum absolute atomic E-state index is 12.7. The highest BCUT2D eigenvalue weighted by Gasteiger charge is 2.23. The molecule has 1 N–H and O–H groups in total. The van der Waals surface area contributed by atoms with E-state index in [1.165, 1.54) is 5.56 Å². The van der Waals surface area contributed by atoms with Crippen LogP contribution >= 0.6 is 11.6 Å². The van der Waals surface area contributed by atoms with Crippen LogP contribution in [0.3, 0.4) is 0 Å². The van der Waals surface area contributed by atoms with Crippen LogP contribution < -0.4 is 5.32 Å². The summed E-state index contributed by atoms with van der Waals surface area (Å²) in [4.78, 5) is 15.1. The minimum absolute atomic E-state index is 0.00166. The van der Waals surface area contributed by atoms with Crippen molar-refractivity contribution in [3.05, 3.63) is 52.3 Å². The smallest absolute Gasteiger partial charge is 0.254 e. The van der Waals surface area contributed by atoms with Gasteiger partial charge in [0.2, 0.25) is 0 Å². The number of carbonyl (C=O) groups is 1. The van der Waals surface area contributed by atoms with Crippen LogP contribution in [0.1, 0.15) is 60.8 Å². The predicted octanol–water partition coefficient (Wildman–Crippen LogP) is 4.21. The molecule has 1 atom stereocenters. The van der Waals surface area contributed by atoms with Gasteiger partial charge in [0.1, 0.15) is 0 Å². The van der Waals surface area contributed by atoms with Gasteiger partial charge in [-0.2, -0.15) is 5.10 Å². The lowest BCUT2D eigenvalue weighted by atomic mass is 10.0. The number of piperidine rings is 1. The third kappa shape index (κ3) is 4.90. The van der Waals surface area contributed by atoms with Crippen molar-refractivity contribution in [3.63, 3.8) is 0 Å². The lowest BCUT2D eigenvalue weighted by Crippen LogP contribution is -2.44. The molecular formula is C21H29ClN4O. The molecule has 1 aliphatic rings. The van der Waals surface area contributed by atoms with Crippen molar-refractivity contribution in [2.45, 2.75) is 58.7 Å². The normalized spacial score (nSPS) is 17.0. The van der Waals surface area contributed by atoms with Crippen LogP contribution in [-0.2, 0) is 6.54 Å². The molecule has 146 valence electrons. The van der Waals surface area contributed by atoms with Crippen LogP contribution in [-0.4, -0.2) is 39.7 Å². The molecule has 6 heteroatoms. The number of hydrogen-bond donors (Lipinski definition) is 1. The van der Waals surface area contributed by atoms with Crippen LogP contribution in [0.25, 0.3) is 0 Å². The number of nitrogens with zero attached hydrogens (tertiary/aromatic N) is 3. The van der Waals surface area contributed by atoms with Gasteiger partial charge in [0.25, 0.3) is 5.91 Å². The Kier molecular flexibility index (Phi) is 6.55. The van der Waals surface area contributed by atoms with E-state index in [-0.39, 0.29) is 11.9 Å². The van der Waals surface area contributed by atoms with Gasteiger partial charge < -0.3 is 5.32 Å². The quantitative estimate of drug-likeness (QED) is 0.806. The van der Waals surface area contributed by atoms with Gasteiger partial charge in [0.15, 0.2) is 0 Å². The topological polar surface area (TPSA) is 50.2 Å². The van der Waals surface area contributed by atoms with Crippen LogP contribution in [0, 0.1) is 6.92 Å². The van der Waals surface area contributed by atoms with Crippen LogP contribution in [0.4, 0.5) is 0 Å². The second-order valence-corrected chi connectivity index (χ2v) is 7.93. The molecule has 2 heterocycles. The number of aromatic nitrogens is 2. The lowest BCUT2D eigenvalue weighted by Gasteiger charge is -2.32. The third-order valence-corrected chi connectivity index (χ3v) is 5.79. The average molecular weight is 389 g/mol. The van der Waals surface area contributed by atoms with Crippen molar-refractivity contribution in [1.82, 2.24) is 20.0 Å². The minimum Gasteiger partial charge on any atom is -0.349 e. The SMILES string of the molecule is CCC(C)n1ncc(C(=O)NC2CCN(Cc3ccc(Cl)cc3)CC2)c1C. The number of hydrogen-bond acceptors (Lipinski definition) is 3. The van der Waals surface area contributed by atoms with Gasteiger partial charge in [-0.05, 0) is 50.8 Å². The molecule has 1 aromatic heterocycles. The van der Waals surface area contributed by atoms with Gasteiger partial charge in [-0.15, -0.1) is 0 Å². The molecule has 0 aliphatic carbocycles. The highest BCUT2D eigenvalue weighted by Crippen LogP contribution is 2.18. The molecule has 5 nitrogen and oxygen atoms in total. The van der Waals surface area contributed by atoms with Gasteiger partial charge in [-0.3, -0.25) is 14.4 Å². The number of benzene rings is 1. The van der Waals surface area contributed by atoms with Gasteiger partial charge >= 0.3 is 0 Å². The van der Waals surface area contributed by atoms with Gasteiger partial charge in [0, 0.05) is 42.4 Å². The summed E-state index contributed by atoms with van der Waals surface area (Å²) in [5.41, 5.74) is 2.91. The molecule has 1 aromatic carbocycles. The first kappa shape index (κ1) is 19.9. The first-order valence-corrected chi connectivity index (χ1v) is 10.2. The Hall–Kier alpha value is -1.85. The van der Waals surface area contributed by atoms with Gasteiger partial charge in [-0.25, -0.2) is 0 Å². The molecular weight excluding hydrogens is 360 g/mol. The zero-order chi connectivity index (χ0) is 19.4. The van der Waals surface area contributed by atoms with Crippen molar-refractivity contribution in [2.75, 3.05) is 13.1 Å². The molecule has 1 unspecified atom stereocenters. The fourth-order valence-electron chi connectivity index (χ4n) is 3.61. The molecule has 1 aliphatic heterocycles. The van der Waals surface area contributed by atoms with E-state index in [2.05, 4.69) is 41.3 Å². The number of rotatable bonds is 6. The molecule has 1 amide bonds. The summed E-state index contributed by atoms with van der Waals surface area (Å²) < 4.78 is 1.95. The Morgan fingerprint density at radius 1 is 1.30 bits per heavy atom. The van der Waals surface area contributed by atoms with E-state index in [4.69, 9.17) is 11.6 Å². The maximum atomic E-state index is 12.7. The maximum Gasteiger partial charge on any atom is 0.254 e. The highest BCUT2D eigenvalue weighted by atomic mass is 35.5. The fraction of sp³-hybridized carbons (Fsp3) is 0.524. The van der Waals surface area contributed by atoms with Gasteiger partial charge in [0.05, 0.1) is 11.8 Å². The summed E-state index contributed by atoms with van der Waals surface area (Å²) in [6.07, 6.45) is 4.64. The average Bonchev–Trinajstić information content (AvgIpc) is 3.06. The Morgan fingerprint density at radius 2 is 1.96 bits per heavy atom. The van der Waals surface area contributed by atoms with E-state index < -0.39 is 0 Å². The first-order valence-electron chi connectivity index (χ1n) is 9.79. The molecule has 1 saturated heterocycles. The Balaban J connectivity index is 1.51. The third-order valence-electron chi connectivity index (χ3n) is 5.54. The van der Waals surface area contributed by atoms with Crippen molar-refractivity contribution in [3.8, 4) is 0 Å². The summed E-state index contributed by atoms with van der Waals surface area (Å²) in [5, 5.41) is 8.38. The standard InChI is InChI=1S/C21H29ClN4O/c1-4-15(2)26-16(3)20(13-23-26)21(27)24-19-9-11-25(12-10-19)14-17-5-7-18(22)8-6-17/h5-8,13,15,19H,4,9-12,14H2,1-3H3,(H,24,27). The summed E-state index contributed by atoms with van der Waals surface area (Å²) >= 11 is 5.95. The number of halogens is 1. The number of amides is 1. The molecule has 27 heavy (non-hydrogen) atoms. The lowest BCUT2D eigenvalue weighted by molar-refractivity contribution is 0.0908. The molecule has 0 bridgehead atoms. The van der Waals surface area contributed by atoms with Gasteiger partial charge in [-0.1, -0.05) is 30.7 Å². The summed E-state index contributed by atoms with van der Waals surface area (Å²) in [6.45, 7) is 9.13. The zero-order valence-electron chi connectivity index (χ0n) is 16.4. The Labute approximate surface area is 166 Å². The largest absolute Gasteiger partial charge is 0.349 e. The van der Waals surface area contributed by atoms with Crippen LogP contribution in [0.5, 0.6) is 0 Å². The predicted molar refractivity (Wildman–Crippen MR) is 109 cm³/mol. The molecule has 1 fully saturated rings. The van der Waals surface area contributed by atoms with Crippen molar-refractivity contribution in [1.29, 1.82) is 0 Å². The Bertz CT molecular complexity index is 763. The molecule has 0 spiro atoms. The van der Waals surface area contributed by atoms with Crippen molar-refractivity contribution in [2.24, 2.45) is 0 Å². The Morgan fingerprint density at radius 3 is 2.59 bits per heavy atom. The summed E-state index contributed by atoms with van der Waals surface area (Å²) in [5.74, 6) is -0.00166. The van der Waals surface area contributed by atoms with E-state index >= 15 is 0 Å². The number of carbonyl (C=O) groups excluding carboxylic acids is 1. The number of nitrogens with one attached hydrogen (secondary N) is 1. The number of likely N-dealkylation sites (tertiary alicyclic amines) is 1. The minimum atomic E-state index is -0.00166. The van der Waals surface area contributed by atoms with E-state index in [0.29, 0.717) is 11.6 Å². The fourth-order valence-corrected chi connectivity index (χ4v) is 3.74. The van der Waals surface area contributed by atoms with E-state index in [0.717, 1.165) is 49.6 Å². The molecule has 0 radical (unpaired) electrons. The summed E-state index contributed by atoms with van der Waals surface area (Å²) in [7, 11) is 0. The van der Waals surface area contributed by atoms with Crippen molar-refractivity contribution >= 4 is 17.5 Å². The van der Waals surface area contributed by atoms with E-state index in [1.54, 1.807) is 6.20 Å². The molecule has 3 rings (SSSR count). The van der Waals surface area contributed by atoms with Crippen LogP contribution in [0.15, 0.2) is 30.5 Å². The van der Waals surface area contributed by atoms with E-state index in [1.807, 2.05) is 23.7 Å². The highest BCUT2D eigenvalue weighted by molar-refractivity contribution is 6.30. The second-order valence-electron chi connectivity index (χ2n) is 7.50. The molecule has 2 aromatic rings. The second kappa shape index (κ2) is 8.89. The zero-order valence-corrected chi connectivity index (χ0v) is 17.2. The molecule has 0 saturated carbocycles. The monoisotopic (exact) mass is 388 g/mol. The van der Waals surface area contributed by atoms with Crippen molar-refractivity contribution < 1.29 is 4.79 Å². The first-order chi connectivity index (χ1) is 13.0. The summed E-state index contributed by atoms with van der Waals surface area (Å²) in [6, 6.07) is 8.56. The van der Waals surface area contributed by atoms with E-state index in [9.17, 15) is 4.79 Å².